The summed E-state index contributed by atoms with van der Waals surface area (Å²) in [6.07, 6.45) is 0. The first-order chi connectivity index (χ1) is 13.5. The van der Waals surface area contributed by atoms with Crippen LogP contribution in [0, 0.1) is 6.92 Å². The molecule has 8 nitrogen and oxygen atoms in total. The number of aryl methyl sites for hydroxylation is 1. The van der Waals surface area contributed by atoms with Crippen molar-refractivity contribution in [1.82, 2.24) is 5.01 Å². The second-order valence-corrected chi connectivity index (χ2v) is 6.67. The monoisotopic (exact) mass is 380 g/mol. The molecule has 0 saturated carbocycles. The Balaban J connectivity index is 1.62. The third-order valence-electron chi connectivity index (χ3n) is 5.08. The van der Waals surface area contributed by atoms with Gasteiger partial charge >= 0.3 is 0 Å². The van der Waals surface area contributed by atoms with Gasteiger partial charge in [0.05, 0.1) is 26.5 Å². The average molecular weight is 380 g/mol. The van der Waals surface area contributed by atoms with Gasteiger partial charge in [0.1, 0.15) is 0 Å². The van der Waals surface area contributed by atoms with E-state index >= 15 is 0 Å². The standard InChI is InChI=1S/C20H20N4O4/c1-12-6-4-5-7-13(12)11-23-18-17(21-22-23)19(25)24(20(18)26)14-8-9-15(27-2)16(10-14)28-3/h4-10,17-18H,11H2,1-3H3/t17-,18-/m1/s1. The second kappa shape index (κ2) is 6.95. The van der Waals surface area contributed by atoms with Crippen LogP contribution >= 0.6 is 0 Å². The maximum atomic E-state index is 13.1. The number of ether oxygens (including phenoxy) is 2. The highest BCUT2D eigenvalue weighted by molar-refractivity contribution is 6.25. The first kappa shape index (κ1) is 18.0. The number of benzene rings is 2. The highest BCUT2D eigenvalue weighted by Crippen LogP contribution is 2.37. The van der Waals surface area contributed by atoms with Gasteiger partial charge in [-0.25, -0.2) is 4.90 Å². The van der Waals surface area contributed by atoms with E-state index in [4.69, 9.17) is 9.47 Å². The molecule has 0 bridgehead atoms. The van der Waals surface area contributed by atoms with E-state index in [0.29, 0.717) is 23.7 Å². The highest BCUT2D eigenvalue weighted by Gasteiger charge is 2.54. The fourth-order valence-electron chi connectivity index (χ4n) is 3.53. The molecule has 2 aromatic rings. The minimum absolute atomic E-state index is 0.346. The predicted molar refractivity (Wildman–Crippen MR) is 101 cm³/mol. The molecule has 2 heterocycles. The molecule has 144 valence electrons. The quantitative estimate of drug-likeness (QED) is 0.744. The van der Waals surface area contributed by atoms with E-state index in [-0.39, 0.29) is 5.91 Å². The molecule has 2 atom stereocenters. The van der Waals surface area contributed by atoms with Crippen molar-refractivity contribution in [2.24, 2.45) is 10.3 Å². The zero-order valence-electron chi connectivity index (χ0n) is 15.8. The van der Waals surface area contributed by atoms with Gasteiger partial charge in [-0.3, -0.25) is 14.6 Å². The van der Waals surface area contributed by atoms with Gasteiger partial charge in [0.25, 0.3) is 11.8 Å². The minimum atomic E-state index is -0.829. The number of hydrogen-bond acceptors (Lipinski definition) is 7. The largest absolute Gasteiger partial charge is 0.493 e. The Labute approximate surface area is 162 Å². The molecule has 0 radical (unpaired) electrons. The van der Waals surface area contributed by atoms with Crippen molar-refractivity contribution in [1.29, 1.82) is 0 Å². The van der Waals surface area contributed by atoms with Gasteiger partial charge < -0.3 is 9.47 Å². The molecule has 2 aliphatic heterocycles. The summed E-state index contributed by atoms with van der Waals surface area (Å²) in [6.45, 7) is 2.41. The number of methoxy groups -OCH3 is 2. The number of fused-ring (bicyclic) bond motifs is 1. The zero-order valence-corrected chi connectivity index (χ0v) is 15.8. The molecule has 4 rings (SSSR count). The lowest BCUT2D eigenvalue weighted by molar-refractivity contribution is -0.123. The maximum Gasteiger partial charge on any atom is 0.263 e. The highest BCUT2D eigenvalue weighted by atomic mass is 16.5. The van der Waals surface area contributed by atoms with Gasteiger partial charge in [-0.2, -0.15) is 5.11 Å². The predicted octanol–water partition coefficient (Wildman–Crippen LogP) is 2.51. The average Bonchev–Trinajstić information content (AvgIpc) is 3.23. The molecular formula is C20H20N4O4. The van der Waals surface area contributed by atoms with Crippen LogP contribution in [0.2, 0.25) is 0 Å². The first-order valence-corrected chi connectivity index (χ1v) is 8.87. The van der Waals surface area contributed by atoms with Crippen molar-refractivity contribution in [2.75, 3.05) is 19.1 Å². The van der Waals surface area contributed by atoms with Crippen molar-refractivity contribution in [3.63, 3.8) is 0 Å². The van der Waals surface area contributed by atoms with Crippen LogP contribution in [0.3, 0.4) is 0 Å². The van der Waals surface area contributed by atoms with E-state index in [1.54, 1.807) is 23.2 Å². The summed E-state index contributed by atoms with van der Waals surface area (Å²) < 4.78 is 10.5. The van der Waals surface area contributed by atoms with Gasteiger partial charge in [0.2, 0.25) is 0 Å². The zero-order chi connectivity index (χ0) is 19.8. The summed E-state index contributed by atoms with van der Waals surface area (Å²) >= 11 is 0. The number of carbonyl (C=O) groups excluding carboxylic acids is 2. The van der Waals surface area contributed by atoms with Gasteiger partial charge in [-0.1, -0.05) is 29.5 Å². The lowest BCUT2D eigenvalue weighted by atomic mass is 10.1. The Morgan fingerprint density at radius 2 is 1.75 bits per heavy atom. The summed E-state index contributed by atoms with van der Waals surface area (Å²) in [5.41, 5.74) is 2.55. The molecule has 0 spiro atoms. The van der Waals surface area contributed by atoms with E-state index in [1.165, 1.54) is 14.2 Å². The van der Waals surface area contributed by atoms with Crippen LogP contribution in [0.4, 0.5) is 5.69 Å². The van der Waals surface area contributed by atoms with Crippen LogP contribution in [0.15, 0.2) is 52.8 Å². The third kappa shape index (κ3) is 2.77. The van der Waals surface area contributed by atoms with Gasteiger partial charge in [0, 0.05) is 6.07 Å². The number of nitrogens with zero attached hydrogens (tertiary/aromatic N) is 4. The SMILES string of the molecule is COc1ccc(N2C(=O)[C@@H]3N=NN(Cc4ccccc4C)[C@H]3C2=O)cc1OC. The summed E-state index contributed by atoms with van der Waals surface area (Å²) in [4.78, 5) is 27.1. The van der Waals surface area contributed by atoms with E-state index < -0.39 is 18.0 Å². The maximum absolute atomic E-state index is 13.1. The van der Waals surface area contributed by atoms with Gasteiger partial charge in [-0.15, -0.1) is 0 Å². The van der Waals surface area contributed by atoms with E-state index in [1.807, 2.05) is 31.2 Å². The number of imide groups is 1. The number of anilines is 1. The van der Waals surface area contributed by atoms with Crippen LogP contribution in [0.1, 0.15) is 11.1 Å². The molecule has 0 N–H and O–H groups in total. The molecule has 2 aromatic carbocycles. The minimum Gasteiger partial charge on any atom is -0.493 e. The summed E-state index contributed by atoms with van der Waals surface area (Å²) in [6, 6.07) is 11.2. The smallest absolute Gasteiger partial charge is 0.263 e. The van der Waals surface area contributed by atoms with Crippen LogP contribution in [0.25, 0.3) is 0 Å². The van der Waals surface area contributed by atoms with Crippen molar-refractivity contribution in [3.05, 3.63) is 53.6 Å². The Hall–Kier alpha value is -3.42. The van der Waals surface area contributed by atoms with E-state index in [9.17, 15) is 9.59 Å². The van der Waals surface area contributed by atoms with E-state index in [2.05, 4.69) is 10.3 Å². The Bertz CT molecular complexity index is 974. The third-order valence-corrected chi connectivity index (χ3v) is 5.08. The normalized spacial score (nSPS) is 20.7. The van der Waals surface area contributed by atoms with Gasteiger partial charge in [-0.05, 0) is 30.2 Å². The van der Waals surface area contributed by atoms with Gasteiger partial charge in [0.15, 0.2) is 23.6 Å². The Morgan fingerprint density at radius 3 is 2.46 bits per heavy atom. The van der Waals surface area contributed by atoms with Crippen LogP contribution in [0.5, 0.6) is 11.5 Å². The lowest BCUT2D eigenvalue weighted by Crippen LogP contribution is -2.39. The molecule has 1 saturated heterocycles. The van der Waals surface area contributed by atoms with Crippen LogP contribution in [-0.2, 0) is 16.1 Å². The lowest BCUT2D eigenvalue weighted by Gasteiger charge is -2.21. The number of amides is 2. The molecule has 2 amide bonds. The number of rotatable bonds is 5. The summed E-state index contributed by atoms with van der Waals surface area (Å²) in [7, 11) is 3.03. The fourth-order valence-corrected chi connectivity index (χ4v) is 3.53. The van der Waals surface area contributed by atoms with Crippen molar-refractivity contribution >= 4 is 17.5 Å². The van der Waals surface area contributed by atoms with Crippen molar-refractivity contribution < 1.29 is 19.1 Å². The number of carbonyl (C=O) groups is 2. The topological polar surface area (TPSA) is 83.8 Å². The molecule has 1 fully saturated rings. The molecule has 28 heavy (non-hydrogen) atoms. The molecule has 2 aliphatic rings. The Kier molecular flexibility index (Phi) is 4.46. The molecule has 8 heteroatoms. The van der Waals surface area contributed by atoms with Crippen LogP contribution in [-0.4, -0.2) is 43.1 Å². The van der Waals surface area contributed by atoms with Crippen LogP contribution < -0.4 is 14.4 Å². The second-order valence-electron chi connectivity index (χ2n) is 6.67. The van der Waals surface area contributed by atoms with Crippen molar-refractivity contribution in [2.45, 2.75) is 25.6 Å². The fraction of sp³-hybridized carbons (Fsp3) is 0.300. The van der Waals surface area contributed by atoms with E-state index in [0.717, 1.165) is 16.0 Å². The molecule has 0 aliphatic carbocycles. The molecule has 0 aromatic heterocycles. The summed E-state index contributed by atoms with van der Waals surface area (Å²) in [5, 5.41) is 9.75. The van der Waals surface area contributed by atoms with Crippen molar-refractivity contribution in [3.8, 4) is 11.5 Å². The summed E-state index contributed by atoms with van der Waals surface area (Å²) in [5.74, 6) is 0.224. The molecular weight excluding hydrogens is 360 g/mol. The molecule has 0 unspecified atom stereocenters. The number of hydrogen-bond donors (Lipinski definition) is 0. The first-order valence-electron chi connectivity index (χ1n) is 8.87. The Morgan fingerprint density at radius 1 is 1.00 bits per heavy atom.